The molecule has 5 aliphatic rings. The predicted octanol–water partition coefficient (Wildman–Crippen LogP) is 9.66. The van der Waals surface area contributed by atoms with Gasteiger partial charge in [0.05, 0.1) is 40.1 Å². The van der Waals surface area contributed by atoms with Crippen molar-refractivity contribution in [3.05, 3.63) is 143 Å². The Morgan fingerprint density at radius 1 is 0.812 bits per heavy atom. The number of carboxylic acids is 1. The maximum Gasteiger partial charge on any atom is 0.410 e. The molecule has 4 N–H and O–H groups in total. The molecular weight excluding hydrogens is 1120 g/mol. The molecule has 4 heterocycles. The van der Waals surface area contributed by atoms with Crippen LogP contribution in [0.1, 0.15) is 103 Å². The average molecular weight is 1190 g/mol. The molecular formula is C63H66N8O12S2. The second-order valence-electron chi connectivity index (χ2n) is 24.1. The summed E-state index contributed by atoms with van der Waals surface area (Å²) in [6, 6.07) is 29.8. The van der Waals surface area contributed by atoms with Gasteiger partial charge in [0, 0.05) is 66.3 Å². The van der Waals surface area contributed by atoms with Gasteiger partial charge < -0.3 is 24.8 Å². The fraction of sp³-hybridized carbons (Fsp3) is 0.381. The van der Waals surface area contributed by atoms with Crippen LogP contribution in [0.4, 0.5) is 9.93 Å². The molecule has 0 spiro atoms. The van der Waals surface area contributed by atoms with Gasteiger partial charge in [0.15, 0.2) is 10.8 Å². The van der Waals surface area contributed by atoms with E-state index in [1.807, 2.05) is 90.5 Å². The average Bonchev–Trinajstić information content (AvgIpc) is 1.37. The Morgan fingerprint density at radius 2 is 1.55 bits per heavy atom. The van der Waals surface area contributed by atoms with Crippen LogP contribution in [0.25, 0.3) is 43.4 Å². The minimum Gasteiger partial charge on any atom is -0.476 e. The number of ether oxygens (including phenoxy) is 2. The maximum atomic E-state index is 13.7. The van der Waals surface area contributed by atoms with E-state index >= 15 is 0 Å². The standard InChI is InChI=1S/C63H66N8O12S2/c1-40-48(45-20-21-49(66-55(45)57(76)77)44-19-18-43-10-8-11-46(47(43)29-44)56(75)68-58-67-50-12-4-5-13-51(50)84-58)30-65-71(40)39-62-34-60(2)33-61(3,35-62)37-63(36-60,38-62)83-27-25-69(26-28-85(79,80)81)59(78)82-32-42-16-14-41(15-17-42)9-6-7-24-64-52(72)31-70-53(73)22-23-54(70)74/h4-5,8,10-23,29-30H,6-7,9,24-28,31-39H2,1-3H3,(H,64,72)(H,76,77)(H,67,68,75)(H,79,80,81). The molecule has 12 rings (SSSR count). The fourth-order valence-electron chi connectivity index (χ4n) is 14.5. The second-order valence-corrected chi connectivity index (χ2v) is 26.7. The Bertz CT molecular complexity index is 3880. The summed E-state index contributed by atoms with van der Waals surface area (Å²) < 4.78 is 49.2. The van der Waals surface area contributed by atoms with E-state index in [9.17, 15) is 46.8 Å². The minimum absolute atomic E-state index is 0.0207. The molecule has 0 saturated heterocycles. The zero-order valence-corrected chi connectivity index (χ0v) is 49.1. The van der Waals surface area contributed by atoms with E-state index < -0.39 is 51.3 Å². The van der Waals surface area contributed by atoms with E-state index in [2.05, 4.69) is 29.5 Å². The highest BCUT2D eigenvalue weighted by atomic mass is 32.2. The SMILES string of the molecule is Cc1c(-c2ccc(-c3ccc4cccc(C(=O)Nc5nc6ccccc6s5)c4c3)nc2C(=O)O)cnn1CC12CC3(C)CC(C)(C1)CC(OCCN(CCS(=O)(=O)O)C(=O)OCc1ccc(CCCCNC(=O)CN4C(=O)C=CC4=O)cc1)(C3)C2. The number of hydrogen-bond acceptors (Lipinski definition) is 14. The van der Waals surface area contributed by atoms with Crippen LogP contribution in [0, 0.1) is 23.2 Å². The number of rotatable bonds is 23. The monoisotopic (exact) mass is 1190 g/mol. The van der Waals surface area contributed by atoms with Crippen molar-refractivity contribution in [3.8, 4) is 22.4 Å². The largest absolute Gasteiger partial charge is 0.476 e. The lowest BCUT2D eigenvalue weighted by atomic mass is 9.39. The molecule has 85 heavy (non-hydrogen) atoms. The third-order valence-electron chi connectivity index (χ3n) is 17.0. The number of unbranched alkanes of at least 4 members (excludes halogenated alkanes) is 1. The van der Waals surface area contributed by atoms with Crippen LogP contribution < -0.4 is 10.6 Å². The van der Waals surface area contributed by atoms with Gasteiger partial charge >= 0.3 is 12.1 Å². The number of aryl methyl sites for hydroxylation is 1. The molecule has 2 unspecified atom stereocenters. The number of amides is 5. The number of nitrogens with one attached hydrogen (secondary N) is 2. The number of anilines is 1. The van der Waals surface area contributed by atoms with Gasteiger partial charge in [-0.1, -0.05) is 85.8 Å². The lowest BCUT2D eigenvalue weighted by molar-refractivity contribution is -0.248. The van der Waals surface area contributed by atoms with E-state index in [0.717, 1.165) is 95.3 Å². The number of aromatic carboxylic acids is 1. The Labute approximate surface area is 495 Å². The van der Waals surface area contributed by atoms with Crippen molar-refractivity contribution >= 4 is 83.3 Å². The summed E-state index contributed by atoms with van der Waals surface area (Å²) in [6.45, 7) is 6.94. The van der Waals surface area contributed by atoms with Gasteiger partial charge in [0.25, 0.3) is 27.8 Å². The van der Waals surface area contributed by atoms with Gasteiger partial charge in [-0.25, -0.2) is 19.6 Å². The molecule has 7 aromatic rings. The molecule has 4 aromatic carbocycles. The van der Waals surface area contributed by atoms with Crippen molar-refractivity contribution in [3.63, 3.8) is 0 Å². The van der Waals surface area contributed by atoms with Gasteiger partial charge in [0.1, 0.15) is 13.2 Å². The first-order valence-electron chi connectivity index (χ1n) is 28.4. The molecule has 1 aliphatic heterocycles. The number of benzene rings is 4. The molecule has 0 radical (unpaired) electrons. The number of fused-ring (bicyclic) bond motifs is 2. The van der Waals surface area contributed by atoms with E-state index in [4.69, 9.17) is 19.6 Å². The molecule has 22 heteroatoms. The molecule has 2 atom stereocenters. The van der Waals surface area contributed by atoms with Crippen molar-refractivity contribution in [2.45, 2.75) is 97.3 Å². The predicted molar refractivity (Wildman–Crippen MR) is 319 cm³/mol. The van der Waals surface area contributed by atoms with E-state index in [1.54, 1.807) is 24.4 Å². The van der Waals surface area contributed by atoms with Crippen LogP contribution in [0.2, 0.25) is 0 Å². The number of para-hydroxylation sites is 1. The van der Waals surface area contributed by atoms with E-state index in [-0.39, 0.29) is 60.7 Å². The highest BCUT2D eigenvalue weighted by Crippen LogP contribution is 2.72. The van der Waals surface area contributed by atoms with Crippen LogP contribution in [-0.2, 0) is 53.5 Å². The summed E-state index contributed by atoms with van der Waals surface area (Å²) in [5.41, 5.74) is 4.85. The summed E-state index contributed by atoms with van der Waals surface area (Å²) >= 11 is 1.39. The van der Waals surface area contributed by atoms with E-state index in [1.165, 1.54) is 16.2 Å². The Balaban J connectivity index is 0.726. The van der Waals surface area contributed by atoms with Crippen LogP contribution in [-0.4, -0.2) is 127 Å². The quantitative estimate of drug-likeness (QED) is 0.0264. The lowest BCUT2D eigenvalue weighted by Crippen LogP contribution is -2.64. The third-order valence-corrected chi connectivity index (χ3v) is 18.7. The van der Waals surface area contributed by atoms with Crippen molar-refractivity contribution in [1.82, 2.24) is 34.9 Å². The first-order chi connectivity index (χ1) is 40.5. The molecule has 4 saturated carbocycles. The fourth-order valence-corrected chi connectivity index (χ4v) is 15.8. The number of thiazole rings is 1. The first-order valence-corrected chi connectivity index (χ1v) is 30.8. The number of imide groups is 1. The molecule has 3 aromatic heterocycles. The molecule has 20 nitrogen and oxygen atoms in total. The van der Waals surface area contributed by atoms with E-state index in [0.29, 0.717) is 63.5 Å². The zero-order chi connectivity index (χ0) is 59.9. The van der Waals surface area contributed by atoms with Gasteiger partial charge in [-0.05, 0) is 139 Å². The summed E-state index contributed by atoms with van der Waals surface area (Å²) in [7, 11) is -4.42. The maximum absolute atomic E-state index is 13.7. The molecule has 442 valence electrons. The Morgan fingerprint density at radius 3 is 2.28 bits per heavy atom. The molecule has 4 aliphatic carbocycles. The van der Waals surface area contributed by atoms with Crippen LogP contribution in [0.15, 0.2) is 115 Å². The van der Waals surface area contributed by atoms with Gasteiger partial charge in [-0.15, -0.1) is 0 Å². The first kappa shape index (κ1) is 58.6. The highest BCUT2D eigenvalue weighted by Gasteiger charge is 2.66. The lowest BCUT2D eigenvalue weighted by Gasteiger charge is -2.69. The number of pyridine rings is 1. The Hall–Kier alpha value is -8.18. The number of aromatic nitrogens is 4. The van der Waals surface area contributed by atoms with Gasteiger partial charge in [-0.3, -0.25) is 38.6 Å². The van der Waals surface area contributed by atoms with Crippen LogP contribution in [0.3, 0.4) is 0 Å². The third kappa shape index (κ3) is 13.1. The van der Waals surface area contributed by atoms with Crippen LogP contribution in [0.5, 0.6) is 0 Å². The number of carbonyl (C=O) groups is 6. The normalized spacial score (nSPS) is 21.5. The summed E-state index contributed by atoms with van der Waals surface area (Å²) in [5.74, 6) is -3.63. The molecule has 4 fully saturated rings. The highest BCUT2D eigenvalue weighted by molar-refractivity contribution is 7.85. The number of nitrogens with zero attached hydrogens (tertiary/aromatic N) is 6. The number of hydrogen-bond donors (Lipinski definition) is 4. The summed E-state index contributed by atoms with van der Waals surface area (Å²) in [6.07, 6.45) is 10.6. The van der Waals surface area contributed by atoms with Crippen molar-refractivity contribution < 1.29 is 56.3 Å². The van der Waals surface area contributed by atoms with Crippen molar-refractivity contribution in [2.75, 3.05) is 43.9 Å². The van der Waals surface area contributed by atoms with Crippen molar-refractivity contribution in [2.24, 2.45) is 16.2 Å². The van der Waals surface area contributed by atoms with Gasteiger partial charge in [-0.2, -0.15) is 13.5 Å². The second kappa shape index (κ2) is 23.4. The van der Waals surface area contributed by atoms with Crippen molar-refractivity contribution in [1.29, 1.82) is 0 Å². The van der Waals surface area contributed by atoms with Gasteiger partial charge in [0.2, 0.25) is 5.91 Å². The zero-order valence-electron chi connectivity index (χ0n) is 47.5. The smallest absolute Gasteiger partial charge is 0.410 e. The minimum atomic E-state index is -4.42. The topological polar surface area (TPSA) is 270 Å². The number of carboxylic acid groups (broad SMARTS) is 1. The Kier molecular flexibility index (Phi) is 16.1. The molecule has 5 amide bonds. The number of carbonyl (C=O) groups excluding carboxylic acids is 5. The van der Waals surface area contributed by atoms with Crippen LogP contribution >= 0.6 is 11.3 Å². The molecule has 4 bridgehead atoms. The summed E-state index contributed by atoms with van der Waals surface area (Å²) in [5, 5.41) is 23.3. The summed E-state index contributed by atoms with van der Waals surface area (Å²) in [4.78, 5) is 87.6.